The monoisotopic (exact) mass is 1960 g/mol. The molecule has 718 valence electrons. The van der Waals surface area contributed by atoms with Crippen molar-refractivity contribution in [2.45, 2.75) is 193 Å². The largest absolute Gasteiger partial charge is 0.709 e. The fourth-order valence-corrected chi connectivity index (χ4v) is 26.6. The first-order valence-corrected chi connectivity index (χ1v) is 57.4. The van der Waals surface area contributed by atoms with Gasteiger partial charge in [0.1, 0.15) is 40.1 Å². The van der Waals surface area contributed by atoms with E-state index in [-0.39, 0.29) is 31.9 Å². The van der Waals surface area contributed by atoms with Crippen molar-refractivity contribution in [2.24, 2.45) is 0 Å². The average molecular weight is 1960 g/mol. The molecule has 1 atom stereocenters. The van der Waals surface area contributed by atoms with E-state index in [1.165, 1.54) is 20.3 Å². The third-order valence-corrected chi connectivity index (χ3v) is 33.0. The van der Waals surface area contributed by atoms with Gasteiger partial charge in [0.05, 0.1) is 18.9 Å². The molecule has 6 aromatic rings. The Kier molecular flexibility index (Phi) is 59.2. The molecule has 0 bridgehead atoms. The Morgan fingerprint density at radius 2 is 0.680 bits per heavy atom. The molecule has 7 rings (SSSR count). The van der Waals surface area contributed by atoms with Gasteiger partial charge in [-0.2, -0.15) is 0 Å². The number of carbonyl (C=O) groups is 5. The lowest BCUT2D eigenvalue weighted by Gasteiger charge is -2.28. The van der Waals surface area contributed by atoms with Crippen LogP contribution in [0.25, 0.3) is 0 Å². The first-order valence-electron chi connectivity index (χ1n) is 42.7. The average Bonchev–Trinajstić information content (AvgIpc) is 0.802. The van der Waals surface area contributed by atoms with Gasteiger partial charge < -0.3 is 114 Å². The zero-order chi connectivity index (χ0) is 95.5. The Morgan fingerprint density at radius 1 is 0.383 bits per heavy atom. The maximum absolute atomic E-state index is 11.7. The zero-order valence-corrected chi connectivity index (χ0v) is 86.6. The number of ether oxygens (including phenoxy) is 10. The van der Waals surface area contributed by atoms with Gasteiger partial charge in [-0.15, -0.1) is 33.2 Å². The molecular weight excluding hydrogens is 1820 g/mol. The summed E-state index contributed by atoms with van der Waals surface area (Å²) in [5, 5.41) is 0.938. The van der Waals surface area contributed by atoms with Gasteiger partial charge in [0.25, 0.3) is 17.9 Å². The lowest BCUT2D eigenvalue weighted by molar-refractivity contribution is -0.148. The highest BCUT2D eigenvalue weighted by molar-refractivity contribution is 7.64. The fraction of sp³-hybridized carbons (Fsp3) is 0.517. The summed E-state index contributed by atoms with van der Waals surface area (Å²) in [7, 11) is -11.7. The number of esters is 1. The molecule has 0 N–H and O–H groups in total. The second-order valence-corrected chi connectivity index (χ2v) is 49.7. The van der Waals surface area contributed by atoms with Gasteiger partial charge in [-0.3, -0.25) is 19.2 Å². The molecule has 1 unspecified atom stereocenters. The molecule has 128 heavy (non-hydrogen) atoms. The van der Waals surface area contributed by atoms with Crippen LogP contribution in [0.5, 0.6) is 34.5 Å². The molecule has 1 aliphatic heterocycles. The molecule has 1 heterocycles. The van der Waals surface area contributed by atoms with E-state index < -0.39 is 79.7 Å². The molecule has 39 heteroatoms. The SMILES string of the molecule is C=COc1ccc(C[Si](OCC)(OCC)OCC)cc1.CCO[Si](Cc1ccc(OC(=O)OC(C)(C)C)cc1)(OCC)OCC.CCO[Si](Cc1ccc(OC(C)=O)cc1)(OCC)OCC.CCO[Si](OCC)(OCC)c1ccc(OCOC)cc1.COCOc1ccc(C[Si](OC(C)=O)(OC(C)=O)OC(C)=O)cc1.Cl[Si](Cl)(Cl)Cc1ccc(OC2CCCCO2)cc1. The molecule has 0 radical (unpaired) electrons. The molecule has 1 saturated heterocycles. The van der Waals surface area contributed by atoms with Crippen LogP contribution in [-0.2, 0) is 135 Å². The molecule has 0 aromatic heterocycles. The van der Waals surface area contributed by atoms with Crippen molar-refractivity contribution in [3.8, 4) is 34.5 Å². The number of rotatable bonds is 50. The Balaban J connectivity index is 0.000000522. The molecular formula is C89H137Cl3O30Si6. The molecule has 0 saturated carbocycles. The van der Waals surface area contributed by atoms with E-state index in [1.807, 2.05) is 180 Å². The molecule has 30 nitrogen and oxygen atoms in total. The normalized spacial score (nSPS) is 12.7. The van der Waals surface area contributed by atoms with Crippen molar-refractivity contribution >= 4 is 118 Å². The number of hydrogen-bond acceptors (Lipinski definition) is 30. The highest BCUT2D eigenvalue weighted by Crippen LogP contribution is 2.30. The van der Waals surface area contributed by atoms with Gasteiger partial charge in [-0.25, -0.2) is 4.79 Å². The second kappa shape index (κ2) is 64.7. The minimum atomic E-state index is -3.88. The van der Waals surface area contributed by atoms with Crippen molar-refractivity contribution in [2.75, 3.05) is 114 Å². The highest BCUT2D eigenvalue weighted by atomic mass is 35.8. The van der Waals surface area contributed by atoms with Crippen LogP contribution in [0.1, 0.15) is 179 Å². The van der Waals surface area contributed by atoms with E-state index in [0.29, 0.717) is 126 Å². The maximum Gasteiger partial charge on any atom is 0.709 e. The van der Waals surface area contributed by atoms with Crippen LogP contribution < -0.4 is 33.6 Å². The van der Waals surface area contributed by atoms with Crippen molar-refractivity contribution in [1.29, 1.82) is 0 Å². The summed E-state index contributed by atoms with van der Waals surface area (Å²) in [4.78, 5) is 56.7. The van der Waals surface area contributed by atoms with E-state index in [1.54, 1.807) is 76.4 Å². The smallest absolute Gasteiger partial charge is 0.468 e. The minimum Gasteiger partial charge on any atom is -0.468 e. The summed E-state index contributed by atoms with van der Waals surface area (Å²) in [5.41, 5.74) is 4.23. The summed E-state index contributed by atoms with van der Waals surface area (Å²) >= 11 is 17.6. The molecule has 0 amide bonds. The van der Waals surface area contributed by atoms with Gasteiger partial charge in [0.15, 0.2) is 19.9 Å². The first-order chi connectivity index (χ1) is 61.0. The van der Waals surface area contributed by atoms with E-state index in [0.717, 1.165) is 91.3 Å². The Labute approximate surface area is 778 Å². The Hall–Kier alpha value is -7.02. The number of benzene rings is 6. The fourth-order valence-electron chi connectivity index (χ4n) is 11.8. The van der Waals surface area contributed by atoms with Crippen LogP contribution in [0.15, 0.2) is 158 Å². The van der Waals surface area contributed by atoms with Gasteiger partial charge in [-0.1, -0.05) is 79.4 Å². The summed E-state index contributed by atoms with van der Waals surface area (Å²) < 4.78 is 138. The van der Waals surface area contributed by atoms with E-state index >= 15 is 0 Å². The van der Waals surface area contributed by atoms with Gasteiger partial charge in [-0.05, 0) is 217 Å². The number of carbonyl (C=O) groups excluding carboxylic acids is 5. The van der Waals surface area contributed by atoms with E-state index in [4.69, 9.17) is 147 Å². The molecule has 1 fully saturated rings. The molecule has 1 aliphatic rings. The molecule has 6 aromatic carbocycles. The summed E-state index contributed by atoms with van der Waals surface area (Å²) in [6.45, 7) is 44.8. The quantitative estimate of drug-likeness (QED) is 0.00651. The topological polar surface area (TPSA) is 316 Å². The van der Waals surface area contributed by atoms with Crippen LogP contribution in [0.2, 0.25) is 0 Å². The van der Waals surface area contributed by atoms with Crippen molar-refractivity contribution in [3.05, 3.63) is 186 Å². The Morgan fingerprint density at radius 3 is 0.961 bits per heavy atom. The standard InChI is InChI=1S/C18H30O6Si.C15H20O8Si.C15H24O5Si.C15H24O4Si.C14H24O5Si.C12H15Cl3O2Si/c1-7-20-25(21-8-2,22-9-3)14-15-10-12-16(13-11-15)23-17(19)24-18(4,5)6;1-11(16)21-24(22-12(2)17,23-13(3)18)9-14-5-7-15(8-6-14)20-10-19-4;1-5-17-21(18-6-2,19-7-3)12-14-8-10-15(11-9-14)20-13(4)16;1-5-16-15-11-9-14(10-12-15)13-20(17-6-2,18-7-3)19-8-4;1-5-17-20(18-6-2,19-7-3)14-10-8-13(9-11-14)16-12-15-4;13-18(14,15)9-10-4-6-11(7-5-10)17-12-3-1-2-8-16-12/h10-13H,7-9,14H2,1-6H3;5-8H,9-10H2,1-4H3;8-11H,5-7,12H2,1-4H3;5,9-12H,1,6-8,13H2,2-4H3;8-11H,5-7,12H2,1-4H3;4-7,12H,1-3,8-9H2. The van der Waals surface area contributed by atoms with Crippen LogP contribution in [0, 0.1) is 0 Å². The maximum atomic E-state index is 11.7. The summed E-state index contributed by atoms with van der Waals surface area (Å²) in [6, 6.07) is 44.0. The summed E-state index contributed by atoms with van der Waals surface area (Å²) in [5.74, 6) is 1.39. The third-order valence-electron chi connectivity index (χ3n) is 16.3. The number of halogens is 3. The van der Waals surface area contributed by atoms with Crippen LogP contribution in [0.4, 0.5) is 4.79 Å². The Bertz CT molecular complexity index is 3890. The second-order valence-electron chi connectivity index (χ2n) is 28.0. The van der Waals surface area contributed by atoms with Crippen molar-refractivity contribution in [1.82, 2.24) is 0 Å². The number of hydrogen-bond donors (Lipinski definition) is 0. The number of methoxy groups -OCH3 is 2. The predicted molar refractivity (Wildman–Crippen MR) is 502 cm³/mol. The van der Waals surface area contributed by atoms with E-state index in [9.17, 15) is 24.0 Å². The lowest BCUT2D eigenvalue weighted by atomic mass is 10.2. The van der Waals surface area contributed by atoms with Gasteiger partial charge in [0.2, 0.25) is 0 Å². The van der Waals surface area contributed by atoms with Crippen LogP contribution >= 0.6 is 33.2 Å². The van der Waals surface area contributed by atoms with E-state index in [2.05, 4.69) is 6.58 Å². The lowest BCUT2D eigenvalue weighted by Crippen LogP contribution is -2.56. The van der Waals surface area contributed by atoms with Crippen molar-refractivity contribution in [3.63, 3.8) is 0 Å². The molecule has 0 aliphatic carbocycles. The molecule has 0 spiro atoms. The minimum absolute atomic E-state index is 0.0315. The van der Waals surface area contributed by atoms with Crippen molar-refractivity contribution < 1.29 is 138 Å². The summed E-state index contributed by atoms with van der Waals surface area (Å²) in [6.07, 6.45) is 3.79. The third kappa shape index (κ3) is 49.5. The van der Waals surface area contributed by atoms with Crippen LogP contribution in [0.3, 0.4) is 0 Å². The van der Waals surface area contributed by atoms with Gasteiger partial charge in [0, 0.05) is 157 Å². The zero-order valence-electron chi connectivity index (χ0n) is 78.4. The van der Waals surface area contributed by atoms with Crippen LogP contribution in [-0.4, -0.2) is 206 Å². The predicted octanol–water partition coefficient (Wildman–Crippen LogP) is 17.8. The first kappa shape index (κ1) is 117. The van der Waals surface area contributed by atoms with Gasteiger partial charge >= 0.3 is 62.2 Å². The highest BCUT2D eigenvalue weighted by Gasteiger charge is 2.52.